The van der Waals surface area contributed by atoms with E-state index in [9.17, 15) is 23.4 Å². The molecule has 0 spiro atoms. The Morgan fingerprint density at radius 1 is 1.24 bits per heavy atom. The Morgan fingerprint density at radius 3 is 2.45 bits per heavy atom. The van der Waals surface area contributed by atoms with Crippen LogP contribution >= 0.6 is 11.8 Å². The van der Waals surface area contributed by atoms with Crippen molar-refractivity contribution in [3.63, 3.8) is 0 Å². The second-order valence-electron chi connectivity index (χ2n) is 7.03. The number of thioether (sulfide) groups is 1. The van der Waals surface area contributed by atoms with E-state index < -0.39 is 41.5 Å². The summed E-state index contributed by atoms with van der Waals surface area (Å²) in [6.45, 7) is 0. The summed E-state index contributed by atoms with van der Waals surface area (Å²) in [6, 6.07) is 5.82. The SMILES string of the molecule is COc1ccc(CC=C(C2OC3SC(N(C)C)=NC3C(O)C2O)C(F)(F)F)cc1. The molecule has 2 aliphatic rings. The third-order valence-corrected chi connectivity index (χ3v) is 6.09. The molecule has 1 saturated heterocycles. The molecule has 0 saturated carbocycles. The van der Waals surface area contributed by atoms with Crippen LogP contribution in [0.1, 0.15) is 5.56 Å². The van der Waals surface area contributed by atoms with Gasteiger partial charge in [-0.2, -0.15) is 13.2 Å². The summed E-state index contributed by atoms with van der Waals surface area (Å²) in [7, 11) is 4.97. The standard InChI is InChI=1S/C19H23F3N2O4S/c1-24(2)18-23-13-14(25)15(26)16(28-17(13)29-18)12(19(20,21)22)9-6-10-4-7-11(27-3)8-5-10/h4-5,7-9,13-17,25-26H,6H2,1-3H3. The first-order valence-electron chi connectivity index (χ1n) is 8.95. The number of halogens is 3. The number of alkyl halides is 3. The van der Waals surface area contributed by atoms with Crippen molar-refractivity contribution in [1.82, 2.24) is 4.90 Å². The lowest BCUT2D eigenvalue weighted by Crippen LogP contribution is -2.56. The molecule has 10 heteroatoms. The Hall–Kier alpha value is -1.75. The summed E-state index contributed by atoms with van der Waals surface area (Å²) in [5, 5.41) is 21.3. The maximum atomic E-state index is 13.8. The van der Waals surface area contributed by atoms with Gasteiger partial charge >= 0.3 is 6.18 Å². The monoisotopic (exact) mass is 432 g/mol. The molecule has 0 radical (unpaired) electrons. The van der Waals surface area contributed by atoms with Gasteiger partial charge in [0.15, 0.2) is 5.17 Å². The highest BCUT2D eigenvalue weighted by molar-refractivity contribution is 8.14. The fraction of sp³-hybridized carbons (Fsp3) is 0.526. The van der Waals surface area contributed by atoms with Gasteiger partial charge in [-0.05, 0) is 24.1 Å². The Balaban J connectivity index is 1.83. The van der Waals surface area contributed by atoms with E-state index in [-0.39, 0.29) is 6.42 Å². The number of rotatable bonds is 4. The number of amidine groups is 1. The molecule has 5 atom stereocenters. The van der Waals surface area contributed by atoms with Gasteiger partial charge in [0.25, 0.3) is 0 Å². The molecular weight excluding hydrogens is 409 g/mol. The van der Waals surface area contributed by atoms with E-state index in [1.165, 1.54) is 7.11 Å². The number of allylic oxidation sites excluding steroid dienone is 1. The van der Waals surface area contributed by atoms with Crippen molar-refractivity contribution in [1.29, 1.82) is 0 Å². The average molecular weight is 432 g/mol. The molecule has 5 unspecified atom stereocenters. The molecule has 2 heterocycles. The number of hydrogen-bond acceptors (Lipinski definition) is 7. The first kappa shape index (κ1) is 21.9. The van der Waals surface area contributed by atoms with Gasteiger partial charge in [0.2, 0.25) is 0 Å². The van der Waals surface area contributed by atoms with Crippen molar-refractivity contribution in [3.05, 3.63) is 41.5 Å². The first-order chi connectivity index (χ1) is 13.6. The largest absolute Gasteiger partial charge is 0.497 e. The minimum atomic E-state index is -4.72. The maximum absolute atomic E-state index is 13.8. The van der Waals surface area contributed by atoms with Crippen molar-refractivity contribution in [2.24, 2.45) is 4.99 Å². The highest BCUT2D eigenvalue weighted by Gasteiger charge is 2.53. The number of aliphatic hydroxyl groups is 2. The van der Waals surface area contributed by atoms with Gasteiger partial charge in [-0.1, -0.05) is 30.0 Å². The number of methoxy groups -OCH3 is 1. The minimum Gasteiger partial charge on any atom is -0.497 e. The van der Waals surface area contributed by atoms with Crippen LogP contribution in [0.3, 0.4) is 0 Å². The van der Waals surface area contributed by atoms with Crippen molar-refractivity contribution < 1.29 is 32.9 Å². The lowest BCUT2D eigenvalue weighted by atomic mass is 9.92. The fourth-order valence-electron chi connectivity index (χ4n) is 3.20. The van der Waals surface area contributed by atoms with E-state index in [4.69, 9.17) is 9.47 Å². The summed E-state index contributed by atoms with van der Waals surface area (Å²) >= 11 is 1.13. The van der Waals surface area contributed by atoms with Crippen molar-refractivity contribution in [2.45, 2.75) is 42.4 Å². The normalized spacial score (nSPS) is 30.0. The maximum Gasteiger partial charge on any atom is 0.414 e. The summed E-state index contributed by atoms with van der Waals surface area (Å²) in [5.74, 6) is 0.601. The van der Waals surface area contributed by atoms with Crippen LogP contribution in [0.4, 0.5) is 13.2 Å². The van der Waals surface area contributed by atoms with Crippen LogP contribution in [0.5, 0.6) is 5.75 Å². The molecule has 0 amide bonds. The zero-order valence-electron chi connectivity index (χ0n) is 16.1. The van der Waals surface area contributed by atoms with Gasteiger partial charge < -0.3 is 24.6 Å². The lowest BCUT2D eigenvalue weighted by molar-refractivity contribution is -0.170. The highest BCUT2D eigenvalue weighted by atomic mass is 32.2. The molecule has 3 rings (SSSR count). The van der Waals surface area contributed by atoms with Crippen LogP contribution in [0.15, 0.2) is 40.9 Å². The molecule has 1 fully saturated rings. The summed E-state index contributed by atoms with van der Waals surface area (Å²) < 4.78 is 51.9. The quantitative estimate of drug-likeness (QED) is 0.711. The molecule has 0 aromatic heterocycles. The third kappa shape index (κ3) is 4.71. The van der Waals surface area contributed by atoms with Crippen LogP contribution in [0.2, 0.25) is 0 Å². The Labute approximate surface area is 171 Å². The minimum absolute atomic E-state index is 0.0117. The van der Waals surface area contributed by atoms with E-state index in [1.807, 2.05) is 0 Å². The number of fused-ring (bicyclic) bond motifs is 1. The van der Waals surface area contributed by atoms with Crippen LogP contribution in [-0.2, 0) is 11.2 Å². The van der Waals surface area contributed by atoms with Crippen molar-refractivity contribution >= 4 is 16.9 Å². The number of hydrogen-bond donors (Lipinski definition) is 2. The van der Waals surface area contributed by atoms with Crippen LogP contribution < -0.4 is 4.74 Å². The molecule has 1 aromatic rings. The number of aliphatic hydroxyl groups excluding tert-OH is 2. The smallest absolute Gasteiger partial charge is 0.414 e. The van der Waals surface area contributed by atoms with Gasteiger partial charge in [-0.15, -0.1) is 0 Å². The predicted octanol–water partition coefficient (Wildman–Crippen LogP) is 2.21. The summed E-state index contributed by atoms with van der Waals surface area (Å²) in [5.41, 5.74) is -1.18. The topological polar surface area (TPSA) is 74.5 Å². The fourth-order valence-corrected chi connectivity index (χ4v) is 4.34. The lowest BCUT2D eigenvalue weighted by Gasteiger charge is -2.39. The van der Waals surface area contributed by atoms with Gasteiger partial charge in [0.05, 0.1) is 12.7 Å². The number of ether oxygens (including phenoxy) is 2. The van der Waals surface area contributed by atoms with Gasteiger partial charge in [0.1, 0.15) is 35.5 Å². The van der Waals surface area contributed by atoms with Crippen LogP contribution in [0.25, 0.3) is 0 Å². The van der Waals surface area contributed by atoms with E-state index in [2.05, 4.69) is 4.99 Å². The number of nitrogens with zero attached hydrogens (tertiary/aromatic N) is 2. The zero-order valence-corrected chi connectivity index (χ0v) is 16.9. The molecule has 6 nitrogen and oxygen atoms in total. The number of benzene rings is 1. The zero-order chi connectivity index (χ0) is 21.3. The van der Waals surface area contributed by atoms with Gasteiger partial charge in [-0.3, -0.25) is 4.99 Å². The van der Waals surface area contributed by atoms with Crippen LogP contribution in [0, 0.1) is 0 Å². The third-order valence-electron chi connectivity index (χ3n) is 4.78. The second kappa shape index (κ2) is 8.55. The van der Waals surface area contributed by atoms with Crippen LogP contribution in [-0.4, -0.2) is 77.5 Å². The highest BCUT2D eigenvalue weighted by Crippen LogP contribution is 2.42. The van der Waals surface area contributed by atoms with Crippen molar-refractivity contribution in [2.75, 3.05) is 21.2 Å². The Morgan fingerprint density at radius 2 is 1.90 bits per heavy atom. The van der Waals surface area contributed by atoms with E-state index in [0.29, 0.717) is 16.5 Å². The molecule has 160 valence electrons. The molecular formula is C19H23F3N2O4S. The van der Waals surface area contributed by atoms with Gasteiger partial charge in [0, 0.05) is 14.1 Å². The van der Waals surface area contributed by atoms with Gasteiger partial charge in [-0.25, -0.2) is 0 Å². The molecule has 2 aliphatic heterocycles. The molecule has 0 bridgehead atoms. The van der Waals surface area contributed by atoms with E-state index in [0.717, 1.165) is 17.8 Å². The summed E-state index contributed by atoms with van der Waals surface area (Å²) in [4.78, 5) is 5.95. The number of aliphatic imine (C=N–C) groups is 1. The average Bonchev–Trinajstić information content (AvgIpc) is 3.10. The predicted molar refractivity (Wildman–Crippen MR) is 104 cm³/mol. The molecule has 2 N–H and O–H groups in total. The van der Waals surface area contributed by atoms with Crippen molar-refractivity contribution in [3.8, 4) is 5.75 Å². The van der Waals surface area contributed by atoms with E-state index in [1.54, 1.807) is 43.3 Å². The molecule has 1 aromatic carbocycles. The Bertz CT molecular complexity index is 783. The molecule has 29 heavy (non-hydrogen) atoms. The molecule has 0 aliphatic carbocycles. The second-order valence-corrected chi connectivity index (χ2v) is 8.10. The Kier molecular flexibility index (Phi) is 6.47. The van der Waals surface area contributed by atoms with E-state index >= 15 is 0 Å². The first-order valence-corrected chi connectivity index (χ1v) is 9.83. The summed E-state index contributed by atoms with van der Waals surface area (Å²) in [6.07, 6.45) is -8.65.